The summed E-state index contributed by atoms with van der Waals surface area (Å²) in [4.78, 5) is 0. The van der Waals surface area contributed by atoms with Gasteiger partial charge in [0.05, 0.1) is 5.75 Å². The first-order chi connectivity index (χ1) is 4.58. The summed E-state index contributed by atoms with van der Waals surface area (Å²) in [5.74, 6) is 0.00231. The van der Waals surface area contributed by atoms with Gasteiger partial charge in [0, 0.05) is 0 Å². The van der Waals surface area contributed by atoms with Gasteiger partial charge in [0.2, 0.25) is 0 Å². The van der Waals surface area contributed by atoms with Crippen molar-refractivity contribution in [3.63, 3.8) is 0 Å². The molecule has 1 atom stereocenters. The molecule has 4 heteroatoms. The van der Waals surface area contributed by atoms with Gasteiger partial charge in [-0.15, -0.1) is 0 Å². The minimum atomic E-state index is -3.74. The van der Waals surface area contributed by atoms with Crippen LogP contribution in [0.15, 0.2) is 0 Å². The number of hydrogen-bond acceptors (Lipinski definition) is 2. The van der Waals surface area contributed by atoms with Crippen molar-refractivity contribution in [3.8, 4) is 0 Å². The Labute approximate surface area is 61.2 Å². The van der Waals surface area contributed by atoms with Crippen LogP contribution in [0.25, 0.3) is 0 Å². The molecule has 1 unspecified atom stereocenters. The van der Waals surface area contributed by atoms with Gasteiger partial charge in [0.15, 0.2) is 0 Å². The van der Waals surface area contributed by atoms with E-state index in [1.807, 2.05) is 6.42 Å². The lowest BCUT2D eigenvalue weighted by Gasteiger charge is -2.03. The summed E-state index contributed by atoms with van der Waals surface area (Å²) in [7, 11) is -3.74. The highest BCUT2D eigenvalue weighted by Crippen LogP contribution is 2.24. The molecule has 1 rings (SSSR count). The van der Waals surface area contributed by atoms with Crippen molar-refractivity contribution in [2.45, 2.75) is 19.3 Å². The summed E-state index contributed by atoms with van der Waals surface area (Å²) >= 11 is 0. The van der Waals surface area contributed by atoms with Crippen molar-refractivity contribution in [1.82, 2.24) is 0 Å². The molecule has 0 bridgehead atoms. The van der Waals surface area contributed by atoms with E-state index >= 15 is 0 Å². The Morgan fingerprint density at radius 3 is 2.70 bits per heavy atom. The summed E-state index contributed by atoms with van der Waals surface area (Å²) in [5.41, 5.74) is 0. The molecule has 0 aromatic carbocycles. The van der Waals surface area contributed by atoms with Gasteiger partial charge in [-0.2, -0.15) is 8.42 Å². The van der Waals surface area contributed by atoms with E-state index in [2.05, 4.69) is 0 Å². The van der Waals surface area contributed by atoms with Crippen LogP contribution in [-0.2, 0) is 10.1 Å². The Morgan fingerprint density at radius 2 is 2.30 bits per heavy atom. The molecule has 0 aliphatic heterocycles. The van der Waals surface area contributed by atoms with Gasteiger partial charge in [-0.05, 0) is 25.2 Å². The highest BCUT2D eigenvalue weighted by molar-refractivity contribution is 7.85. The minimum Gasteiger partial charge on any atom is -0.286 e. The van der Waals surface area contributed by atoms with Crippen LogP contribution in [0.3, 0.4) is 0 Å². The molecule has 1 saturated carbocycles. The summed E-state index contributed by atoms with van der Waals surface area (Å²) < 4.78 is 29.1. The van der Waals surface area contributed by atoms with Crippen LogP contribution < -0.4 is 0 Å². The fourth-order valence-electron chi connectivity index (χ4n) is 1.27. The van der Waals surface area contributed by atoms with E-state index in [0.29, 0.717) is 0 Å². The SMILES string of the molecule is O=S(=O)(O)CC1[CH]CCC1. The summed E-state index contributed by atoms with van der Waals surface area (Å²) in [6, 6.07) is 0. The first-order valence-electron chi connectivity index (χ1n) is 3.36. The van der Waals surface area contributed by atoms with E-state index in [9.17, 15) is 8.42 Å². The Kier molecular flexibility index (Phi) is 2.31. The first-order valence-corrected chi connectivity index (χ1v) is 4.97. The summed E-state index contributed by atoms with van der Waals surface area (Å²) in [6.07, 6.45) is 4.91. The van der Waals surface area contributed by atoms with Crippen molar-refractivity contribution >= 4 is 10.1 Å². The average molecular weight is 163 g/mol. The van der Waals surface area contributed by atoms with Gasteiger partial charge in [-0.1, -0.05) is 6.42 Å². The lowest BCUT2D eigenvalue weighted by molar-refractivity contribution is 0.472. The maximum Gasteiger partial charge on any atom is 0.265 e. The monoisotopic (exact) mass is 163 g/mol. The van der Waals surface area contributed by atoms with Crippen molar-refractivity contribution in [2.24, 2.45) is 5.92 Å². The highest BCUT2D eigenvalue weighted by Gasteiger charge is 2.20. The zero-order chi connectivity index (χ0) is 7.61. The van der Waals surface area contributed by atoms with Crippen molar-refractivity contribution in [1.29, 1.82) is 0 Å². The summed E-state index contributed by atoms with van der Waals surface area (Å²) in [6.45, 7) is 0. The maximum atomic E-state index is 10.3. The molecule has 0 saturated heterocycles. The molecule has 3 nitrogen and oxygen atoms in total. The topological polar surface area (TPSA) is 54.4 Å². The van der Waals surface area contributed by atoms with E-state index in [1.54, 1.807) is 0 Å². The van der Waals surface area contributed by atoms with Crippen molar-refractivity contribution < 1.29 is 13.0 Å². The Bertz CT molecular complexity index is 189. The van der Waals surface area contributed by atoms with Gasteiger partial charge in [0.1, 0.15) is 0 Å². The Balaban J connectivity index is 2.38. The van der Waals surface area contributed by atoms with E-state index in [-0.39, 0.29) is 11.7 Å². The zero-order valence-corrected chi connectivity index (χ0v) is 6.47. The van der Waals surface area contributed by atoms with Crippen LogP contribution in [-0.4, -0.2) is 18.7 Å². The molecule has 0 spiro atoms. The molecule has 59 valence electrons. The lowest BCUT2D eigenvalue weighted by atomic mass is 10.1. The minimum absolute atomic E-state index is 0.0903. The largest absolute Gasteiger partial charge is 0.286 e. The third kappa shape index (κ3) is 2.66. The molecule has 0 heterocycles. The van der Waals surface area contributed by atoms with E-state index in [1.165, 1.54) is 0 Å². The average Bonchev–Trinajstić information content (AvgIpc) is 2.12. The van der Waals surface area contributed by atoms with Gasteiger partial charge < -0.3 is 0 Å². The van der Waals surface area contributed by atoms with Crippen LogP contribution >= 0.6 is 0 Å². The lowest BCUT2D eigenvalue weighted by Crippen LogP contribution is -2.12. The standard InChI is InChI=1S/C6H11O3S/c7-10(8,9)5-6-3-1-2-4-6/h3,6H,1-2,4-5H2,(H,7,8,9). The molecular weight excluding hydrogens is 152 g/mol. The normalized spacial score (nSPS) is 21.7. The van der Waals surface area contributed by atoms with E-state index < -0.39 is 10.1 Å². The summed E-state index contributed by atoms with van der Waals surface area (Å²) in [5, 5.41) is 0. The molecule has 1 aliphatic rings. The second-order valence-corrected chi connectivity index (χ2v) is 4.17. The molecule has 1 radical (unpaired) electrons. The predicted molar refractivity (Wildman–Crippen MR) is 38.1 cm³/mol. The fraction of sp³-hybridized carbons (Fsp3) is 0.833. The second kappa shape index (κ2) is 2.88. The fourth-order valence-corrected chi connectivity index (χ4v) is 2.12. The van der Waals surface area contributed by atoms with Gasteiger partial charge in [-0.25, -0.2) is 0 Å². The molecule has 0 aromatic heterocycles. The van der Waals surface area contributed by atoms with E-state index in [4.69, 9.17) is 4.55 Å². The molecule has 1 fully saturated rings. The molecule has 1 aliphatic carbocycles. The van der Waals surface area contributed by atoms with Gasteiger partial charge >= 0.3 is 0 Å². The van der Waals surface area contributed by atoms with Gasteiger partial charge in [0.25, 0.3) is 10.1 Å². The van der Waals surface area contributed by atoms with Crippen LogP contribution in [0.1, 0.15) is 19.3 Å². The maximum absolute atomic E-state index is 10.3. The Morgan fingerprint density at radius 1 is 1.60 bits per heavy atom. The quantitative estimate of drug-likeness (QED) is 0.615. The van der Waals surface area contributed by atoms with Crippen LogP contribution in [0.4, 0.5) is 0 Å². The molecule has 1 N–H and O–H groups in total. The highest BCUT2D eigenvalue weighted by atomic mass is 32.2. The van der Waals surface area contributed by atoms with Crippen LogP contribution in [0, 0.1) is 12.3 Å². The molecule has 10 heavy (non-hydrogen) atoms. The number of rotatable bonds is 2. The third-order valence-corrected chi connectivity index (χ3v) is 2.55. The van der Waals surface area contributed by atoms with Crippen molar-refractivity contribution in [2.75, 3.05) is 5.75 Å². The second-order valence-electron chi connectivity index (χ2n) is 2.68. The number of hydrogen-bond donors (Lipinski definition) is 1. The molecule has 0 amide bonds. The predicted octanol–water partition coefficient (Wildman–Crippen LogP) is 0.879. The van der Waals surface area contributed by atoms with Crippen LogP contribution in [0.2, 0.25) is 0 Å². The zero-order valence-electron chi connectivity index (χ0n) is 5.66. The smallest absolute Gasteiger partial charge is 0.265 e. The van der Waals surface area contributed by atoms with Crippen molar-refractivity contribution in [3.05, 3.63) is 6.42 Å². The molecule has 0 aromatic rings. The van der Waals surface area contributed by atoms with E-state index in [0.717, 1.165) is 19.3 Å². The van der Waals surface area contributed by atoms with Crippen LogP contribution in [0.5, 0.6) is 0 Å². The molecular formula is C6H11O3S. The third-order valence-electron chi connectivity index (χ3n) is 1.70. The first kappa shape index (κ1) is 8.01. The van der Waals surface area contributed by atoms with Gasteiger partial charge in [-0.3, -0.25) is 4.55 Å². The Hall–Kier alpha value is -0.0900.